The Morgan fingerprint density at radius 2 is 1.88 bits per heavy atom. The summed E-state index contributed by atoms with van der Waals surface area (Å²) in [6, 6.07) is 17.3. The van der Waals surface area contributed by atoms with Crippen molar-refractivity contribution in [1.82, 2.24) is 10.3 Å². The SMILES string of the molecule is Cc1cccc(C(=O)NCc2cccnc2-c2ccc(F)cc2)c1. The minimum absolute atomic E-state index is 0.132. The summed E-state index contributed by atoms with van der Waals surface area (Å²) in [5.41, 5.74) is 4.10. The fraction of sp³-hybridized carbons (Fsp3) is 0.100. The molecule has 0 unspecified atom stereocenters. The molecule has 0 fully saturated rings. The van der Waals surface area contributed by atoms with E-state index in [4.69, 9.17) is 0 Å². The minimum atomic E-state index is -0.288. The van der Waals surface area contributed by atoms with E-state index in [1.807, 2.05) is 37.3 Å². The van der Waals surface area contributed by atoms with Gasteiger partial charge in [0.25, 0.3) is 5.91 Å². The molecule has 1 heterocycles. The molecule has 0 aliphatic rings. The summed E-state index contributed by atoms with van der Waals surface area (Å²) in [4.78, 5) is 16.7. The Bertz CT molecular complexity index is 860. The van der Waals surface area contributed by atoms with Gasteiger partial charge in [0.1, 0.15) is 5.82 Å². The molecule has 4 heteroatoms. The number of hydrogen-bond donors (Lipinski definition) is 1. The predicted octanol–water partition coefficient (Wildman–Crippen LogP) is 4.13. The lowest BCUT2D eigenvalue weighted by atomic mass is 10.1. The van der Waals surface area contributed by atoms with Gasteiger partial charge in [0.05, 0.1) is 5.69 Å². The highest BCUT2D eigenvalue weighted by Gasteiger charge is 2.09. The Morgan fingerprint density at radius 1 is 1.08 bits per heavy atom. The normalized spacial score (nSPS) is 10.4. The number of benzene rings is 2. The zero-order valence-electron chi connectivity index (χ0n) is 13.3. The average Bonchev–Trinajstić information content (AvgIpc) is 2.61. The van der Waals surface area contributed by atoms with E-state index in [1.165, 1.54) is 12.1 Å². The highest BCUT2D eigenvalue weighted by molar-refractivity contribution is 5.94. The van der Waals surface area contributed by atoms with Crippen molar-refractivity contribution in [1.29, 1.82) is 0 Å². The number of halogens is 1. The van der Waals surface area contributed by atoms with Crippen molar-refractivity contribution < 1.29 is 9.18 Å². The quantitative estimate of drug-likeness (QED) is 0.785. The molecule has 0 radical (unpaired) electrons. The molecular weight excluding hydrogens is 303 g/mol. The molecule has 0 saturated heterocycles. The third kappa shape index (κ3) is 3.66. The molecule has 0 aliphatic carbocycles. The Balaban J connectivity index is 1.78. The van der Waals surface area contributed by atoms with Crippen LogP contribution in [0.4, 0.5) is 4.39 Å². The summed E-state index contributed by atoms with van der Waals surface area (Å²) < 4.78 is 13.1. The number of hydrogen-bond acceptors (Lipinski definition) is 2. The van der Waals surface area contributed by atoms with Gasteiger partial charge in [-0.05, 0) is 55.0 Å². The van der Waals surface area contributed by atoms with E-state index in [1.54, 1.807) is 24.4 Å². The molecule has 1 amide bonds. The van der Waals surface area contributed by atoms with Crippen molar-refractivity contribution in [3.8, 4) is 11.3 Å². The lowest BCUT2D eigenvalue weighted by Crippen LogP contribution is -2.23. The molecule has 120 valence electrons. The van der Waals surface area contributed by atoms with Crippen LogP contribution in [-0.2, 0) is 6.54 Å². The zero-order valence-corrected chi connectivity index (χ0v) is 13.3. The molecule has 1 aromatic heterocycles. The van der Waals surface area contributed by atoms with Gasteiger partial charge in [-0.3, -0.25) is 9.78 Å². The van der Waals surface area contributed by atoms with E-state index >= 15 is 0 Å². The van der Waals surface area contributed by atoms with Crippen LogP contribution in [0.3, 0.4) is 0 Å². The van der Waals surface area contributed by atoms with Crippen LogP contribution in [0.5, 0.6) is 0 Å². The summed E-state index contributed by atoms with van der Waals surface area (Å²) in [5.74, 6) is -0.420. The topological polar surface area (TPSA) is 42.0 Å². The molecule has 0 atom stereocenters. The molecular formula is C20H17FN2O. The van der Waals surface area contributed by atoms with Gasteiger partial charge in [0.15, 0.2) is 0 Å². The van der Waals surface area contributed by atoms with Crippen molar-refractivity contribution in [2.45, 2.75) is 13.5 Å². The first kappa shape index (κ1) is 15.9. The van der Waals surface area contributed by atoms with Gasteiger partial charge in [-0.15, -0.1) is 0 Å². The third-order valence-corrected chi connectivity index (χ3v) is 3.73. The first-order chi connectivity index (χ1) is 11.6. The van der Waals surface area contributed by atoms with Gasteiger partial charge >= 0.3 is 0 Å². The zero-order chi connectivity index (χ0) is 16.9. The first-order valence-electron chi connectivity index (χ1n) is 7.68. The second-order valence-electron chi connectivity index (χ2n) is 5.57. The number of nitrogens with one attached hydrogen (secondary N) is 1. The first-order valence-corrected chi connectivity index (χ1v) is 7.68. The van der Waals surface area contributed by atoms with Gasteiger partial charge in [-0.1, -0.05) is 23.8 Å². The molecule has 2 aromatic carbocycles. The second kappa shape index (κ2) is 7.04. The number of aromatic nitrogens is 1. The number of carbonyl (C=O) groups excluding carboxylic acids is 1. The standard InChI is InChI=1S/C20H17FN2O/c1-14-4-2-5-16(12-14)20(24)23-13-17-6-3-11-22-19(17)15-7-9-18(21)10-8-15/h2-12H,13H2,1H3,(H,23,24). The van der Waals surface area contributed by atoms with Crippen LogP contribution in [-0.4, -0.2) is 10.9 Å². The number of aryl methyl sites for hydroxylation is 1. The van der Waals surface area contributed by atoms with Crippen LogP contribution >= 0.6 is 0 Å². The smallest absolute Gasteiger partial charge is 0.251 e. The number of amides is 1. The number of carbonyl (C=O) groups is 1. The van der Waals surface area contributed by atoms with Crippen LogP contribution in [0.2, 0.25) is 0 Å². The van der Waals surface area contributed by atoms with E-state index in [2.05, 4.69) is 10.3 Å². The molecule has 24 heavy (non-hydrogen) atoms. The van der Waals surface area contributed by atoms with E-state index in [-0.39, 0.29) is 11.7 Å². The molecule has 3 aromatic rings. The van der Waals surface area contributed by atoms with Crippen LogP contribution < -0.4 is 5.32 Å². The summed E-state index contributed by atoms with van der Waals surface area (Å²) in [7, 11) is 0. The molecule has 3 rings (SSSR count). The maximum absolute atomic E-state index is 13.1. The van der Waals surface area contributed by atoms with E-state index < -0.39 is 0 Å². The van der Waals surface area contributed by atoms with Gasteiger partial charge in [-0.2, -0.15) is 0 Å². The Kier molecular flexibility index (Phi) is 4.66. The maximum Gasteiger partial charge on any atom is 0.251 e. The van der Waals surface area contributed by atoms with Gasteiger partial charge in [0, 0.05) is 23.9 Å². The van der Waals surface area contributed by atoms with E-state index in [9.17, 15) is 9.18 Å². The van der Waals surface area contributed by atoms with Crippen molar-refractivity contribution in [2.24, 2.45) is 0 Å². The van der Waals surface area contributed by atoms with Crippen LogP contribution in [0, 0.1) is 12.7 Å². The summed E-state index contributed by atoms with van der Waals surface area (Å²) in [5, 5.41) is 2.91. The molecule has 3 nitrogen and oxygen atoms in total. The highest BCUT2D eigenvalue weighted by Crippen LogP contribution is 2.21. The van der Waals surface area contributed by atoms with Crippen molar-refractivity contribution in [2.75, 3.05) is 0 Å². The molecule has 0 saturated carbocycles. The van der Waals surface area contributed by atoms with Crippen LogP contribution in [0.25, 0.3) is 11.3 Å². The number of rotatable bonds is 4. The summed E-state index contributed by atoms with van der Waals surface area (Å²) in [6.45, 7) is 2.30. The predicted molar refractivity (Wildman–Crippen MR) is 92.0 cm³/mol. The monoisotopic (exact) mass is 320 g/mol. The van der Waals surface area contributed by atoms with E-state index in [0.29, 0.717) is 12.1 Å². The second-order valence-corrected chi connectivity index (χ2v) is 5.57. The van der Waals surface area contributed by atoms with Gasteiger partial charge in [0.2, 0.25) is 0 Å². The Hall–Kier alpha value is -3.01. The maximum atomic E-state index is 13.1. The molecule has 0 spiro atoms. The summed E-state index contributed by atoms with van der Waals surface area (Å²) >= 11 is 0. The fourth-order valence-electron chi connectivity index (χ4n) is 2.51. The largest absolute Gasteiger partial charge is 0.348 e. The average molecular weight is 320 g/mol. The molecule has 0 aliphatic heterocycles. The fourth-order valence-corrected chi connectivity index (χ4v) is 2.51. The number of pyridine rings is 1. The summed E-state index contributed by atoms with van der Waals surface area (Å²) in [6.07, 6.45) is 1.69. The highest BCUT2D eigenvalue weighted by atomic mass is 19.1. The Morgan fingerprint density at radius 3 is 2.62 bits per heavy atom. The molecule has 1 N–H and O–H groups in total. The van der Waals surface area contributed by atoms with E-state index in [0.717, 1.165) is 22.4 Å². The Labute approximate surface area is 140 Å². The van der Waals surface area contributed by atoms with Gasteiger partial charge < -0.3 is 5.32 Å². The minimum Gasteiger partial charge on any atom is -0.348 e. The number of nitrogens with zero attached hydrogens (tertiary/aromatic N) is 1. The van der Waals surface area contributed by atoms with Crippen LogP contribution in [0.15, 0.2) is 66.9 Å². The van der Waals surface area contributed by atoms with Crippen molar-refractivity contribution in [3.05, 3.63) is 89.4 Å². The van der Waals surface area contributed by atoms with Gasteiger partial charge in [-0.25, -0.2) is 4.39 Å². The van der Waals surface area contributed by atoms with Crippen LogP contribution in [0.1, 0.15) is 21.5 Å². The molecule has 0 bridgehead atoms. The third-order valence-electron chi connectivity index (χ3n) is 3.73. The van der Waals surface area contributed by atoms with Crippen molar-refractivity contribution in [3.63, 3.8) is 0 Å². The lowest BCUT2D eigenvalue weighted by molar-refractivity contribution is 0.0951. The lowest BCUT2D eigenvalue weighted by Gasteiger charge is -2.10. The van der Waals surface area contributed by atoms with Crippen molar-refractivity contribution >= 4 is 5.91 Å².